The maximum atomic E-state index is 13.6. The van der Waals surface area contributed by atoms with E-state index in [0.29, 0.717) is 35.0 Å². The van der Waals surface area contributed by atoms with Gasteiger partial charge in [0.25, 0.3) is 5.91 Å². The number of hydrogen-bond donors (Lipinski definition) is 1. The molecule has 38 heavy (non-hydrogen) atoms. The van der Waals surface area contributed by atoms with Gasteiger partial charge in [0.2, 0.25) is 5.89 Å². The molecule has 0 fully saturated rings. The van der Waals surface area contributed by atoms with Crippen LogP contribution in [0.15, 0.2) is 94.3 Å². The van der Waals surface area contributed by atoms with E-state index in [4.69, 9.17) is 9.15 Å². The van der Waals surface area contributed by atoms with Crippen molar-refractivity contribution in [2.24, 2.45) is 4.99 Å². The number of amides is 1. The monoisotopic (exact) mass is 515 g/mol. The van der Waals surface area contributed by atoms with Crippen molar-refractivity contribution in [1.29, 1.82) is 0 Å². The molecule has 0 aliphatic carbocycles. The Morgan fingerprint density at radius 3 is 2.74 bits per heavy atom. The lowest BCUT2D eigenvalue weighted by Crippen LogP contribution is -2.13. The first-order valence-corrected chi connectivity index (χ1v) is 13.0. The van der Waals surface area contributed by atoms with Crippen LogP contribution >= 0.6 is 11.3 Å². The van der Waals surface area contributed by atoms with Crippen LogP contribution in [0, 0.1) is 0 Å². The van der Waals surface area contributed by atoms with Gasteiger partial charge in [-0.25, -0.2) is 4.98 Å². The molecular formula is C31H21N3O3S. The molecule has 1 aliphatic rings. The van der Waals surface area contributed by atoms with Crippen LogP contribution in [0.1, 0.15) is 21.5 Å². The second-order valence-electron chi connectivity index (χ2n) is 9.07. The van der Waals surface area contributed by atoms with E-state index in [2.05, 4.69) is 33.5 Å². The Morgan fingerprint density at radius 1 is 1.00 bits per heavy atom. The van der Waals surface area contributed by atoms with Crippen LogP contribution in [0.3, 0.4) is 0 Å². The van der Waals surface area contributed by atoms with E-state index in [9.17, 15) is 4.79 Å². The number of rotatable bonds is 5. The summed E-state index contributed by atoms with van der Waals surface area (Å²) in [6.45, 7) is 0.612. The zero-order valence-electron chi connectivity index (χ0n) is 20.4. The highest BCUT2D eigenvalue weighted by Gasteiger charge is 2.20. The molecule has 1 aliphatic heterocycles. The van der Waals surface area contributed by atoms with E-state index < -0.39 is 0 Å². The smallest absolute Gasteiger partial charge is 0.255 e. The van der Waals surface area contributed by atoms with Crippen molar-refractivity contribution < 1.29 is 13.9 Å². The fourth-order valence-corrected chi connectivity index (χ4v) is 5.92. The first-order valence-electron chi connectivity index (χ1n) is 12.2. The third kappa shape index (κ3) is 3.84. The number of nitrogens with one attached hydrogen (secondary N) is 1. The molecule has 2 aromatic heterocycles. The number of thiophene rings is 1. The van der Waals surface area contributed by atoms with Crippen LogP contribution in [-0.4, -0.2) is 24.2 Å². The van der Waals surface area contributed by atoms with Gasteiger partial charge in [0.1, 0.15) is 11.3 Å². The second kappa shape index (κ2) is 8.97. The van der Waals surface area contributed by atoms with Crippen molar-refractivity contribution in [3.8, 4) is 27.6 Å². The highest BCUT2D eigenvalue weighted by atomic mass is 32.1. The van der Waals surface area contributed by atoms with Crippen LogP contribution in [0.2, 0.25) is 0 Å². The standard InChI is InChI=1S/C31H21N3O3S/c1-36-26-11-10-19(31-34-24-7-3-4-8-27(24)37-31)14-25(26)33-30(35)20-12-21-16-32-17-23(21)22(13-20)29-15-18-6-2-5-9-28(18)38-29/h2-16H,17H2,1H3,(H,33,35). The van der Waals surface area contributed by atoms with E-state index in [-0.39, 0.29) is 5.91 Å². The minimum atomic E-state index is -0.233. The summed E-state index contributed by atoms with van der Waals surface area (Å²) in [5.41, 5.74) is 6.47. The molecule has 0 bridgehead atoms. The third-order valence-electron chi connectivity index (χ3n) is 6.71. The number of nitrogens with zero attached hydrogens (tertiary/aromatic N) is 2. The summed E-state index contributed by atoms with van der Waals surface area (Å²) >= 11 is 1.72. The van der Waals surface area contributed by atoms with Crippen molar-refractivity contribution in [1.82, 2.24) is 4.98 Å². The number of aromatic nitrogens is 1. The lowest BCUT2D eigenvalue weighted by molar-refractivity contribution is 0.102. The zero-order valence-corrected chi connectivity index (χ0v) is 21.2. The molecule has 7 rings (SSSR count). The molecule has 1 N–H and O–H groups in total. The van der Waals surface area contributed by atoms with Gasteiger partial charge in [-0.05, 0) is 76.7 Å². The number of aliphatic imine (C=N–C) groups is 1. The molecule has 3 heterocycles. The number of para-hydroxylation sites is 2. The number of anilines is 1. The Hall–Kier alpha value is -4.75. The first-order chi connectivity index (χ1) is 18.7. The molecule has 6 aromatic rings. The Balaban J connectivity index is 1.26. The Kier molecular flexibility index (Phi) is 5.30. The molecule has 0 atom stereocenters. The summed E-state index contributed by atoms with van der Waals surface area (Å²) in [4.78, 5) is 23.8. The predicted octanol–water partition coefficient (Wildman–Crippen LogP) is 7.57. The number of oxazole rings is 1. The molecule has 0 spiro atoms. The van der Waals surface area contributed by atoms with Crippen LogP contribution in [0.5, 0.6) is 5.75 Å². The van der Waals surface area contributed by atoms with Gasteiger partial charge in [0, 0.05) is 26.9 Å². The van der Waals surface area contributed by atoms with E-state index in [0.717, 1.165) is 32.6 Å². The van der Waals surface area contributed by atoms with E-state index in [1.54, 1.807) is 24.5 Å². The summed E-state index contributed by atoms with van der Waals surface area (Å²) < 4.78 is 12.7. The largest absolute Gasteiger partial charge is 0.495 e. The lowest BCUT2D eigenvalue weighted by Gasteiger charge is -2.13. The summed E-state index contributed by atoms with van der Waals surface area (Å²) in [5, 5.41) is 4.23. The van der Waals surface area contributed by atoms with Crippen LogP contribution in [0.25, 0.3) is 43.1 Å². The SMILES string of the molecule is COc1ccc(-c2nc3ccccc3o2)cc1NC(=O)c1cc2c(c(-c3cc4ccccc4s3)c1)CN=C2. The minimum absolute atomic E-state index is 0.233. The summed E-state index contributed by atoms with van der Waals surface area (Å²) in [7, 11) is 1.58. The molecule has 0 unspecified atom stereocenters. The summed E-state index contributed by atoms with van der Waals surface area (Å²) in [6.07, 6.45) is 1.84. The highest BCUT2D eigenvalue weighted by Crippen LogP contribution is 2.38. The molecule has 4 aromatic carbocycles. The van der Waals surface area contributed by atoms with Crippen LogP contribution in [0.4, 0.5) is 5.69 Å². The van der Waals surface area contributed by atoms with Crippen LogP contribution in [-0.2, 0) is 6.54 Å². The molecule has 1 amide bonds. The van der Waals surface area contributed by atoms with Crippen molar-refractivity contribution >= 4 is 50.3 Å². The maximum Gasteiger partial charge on any atom is 0.255 e. The minimum Gasteiger partial charge on any atom is -0.495 e. The van der Waals surface area contributed by atoms with Gasteiger partial charge < -0.3 is 14.5 Å². The number of benzene rings is 4. The number of carbonyl (C=O) groups excluding carboxylic acids is 1. The molecule has 6 nitrogen and oxygen atoms in total. The van der Waals surface area contributed by atoms with E-state index >= 15 is 0 Å². The fourth-order valence-electron chi connectivity index (χ4n) is 4.82. The van der Waals surface area contributed by atoms with E-state index in [1.165, 1.54) is 10.1 Å². The van der Waals surface area contributed by atoms with E-state index in [1.807, 2.05) is 66.9 Å². The van der Waals surface area contributed by atoms with Gasteiger partial charge in [-0.15, -0.1) is 11.3 Å². The third-order valence-corrected chi connectivity index (χ3v) is 7.86. The quantitative estimate of drug-likeness (QED) is 0.257. The van der Waals surface area contributed by atoms with Gasteiger partial charge in [-0.3, -0.25) is 9.79 Å². The number of methoxy groups -OCH3 is 1. The van der Waals surface area contributed by atoms with Crippen molar-refractivity contribution in [2.45, 2.75) is 6.54 Å². The molecule has 0 radical (unpaired) electrons. The molecule has 184 valence electrons. The lowest BCUT2D eigenvalue weighted by atomic mass is 9.97. The van der Waals surface area contributed by atoms with Gasteiger partial charge in [-0.1, -0.05) is 30.3 Å². The topological polar surface area (TPSA) is 76.7 Å². The van der Waals surface area contributed by atoms with Gasteiger partial charge in [0.15, 0.2) is 5.58 Å². The fraction of sp³-hybridized carbons (Fsp3) is 0.0645. The Morgan fingerprint density at radius 2 is 1.87 bits per heavy atom. The van der Waals surface area contributed by atoms with Crippen molar-refractivity contribution in [3.63, 3.8) is 0 Å². The van der Waals surface area contributed by atoms with Gasteiger partial charge in [-0.2, -0.15) is 0 Å². The average Bonchev–Trinajstić information content (AvgIpc) is 3.70. The number of carbonyl (C=O) groups is 1. The molecular weight excluding hydrogens is 494 g/mol. The highest BCUT2D eigenvalue weighted by molar-refractivity contribution is 7.22. The second-order valence-corrected chi connectivity index (χ2v) is 10.1. The number of fused-ring (bicyclic) bond motifs is 3. The molecule has 7 heteroatoms. The number of hydrogen-bond acceptors (Lipinski definition) is 6. The summed E-state index contributed by atoms with van der Waals surface area (Å²) in [5.74, 6) is 0.791. The van der Waals surface area contributed by atoms with Crippen molar-refractivity contribution in [3.05, 3.63) is 102 Å². The molecule has 0 saturated heterocycles. The van der Waals surface area contributed by atoms with Crippen molar-refractivity contribution in [2.75, 3.05) is 12.4 Å². The zero-order chi connectivity index (χ0) is 25.6. The maximum absolute atomic E-state index is 13.6. The van der Waals surface area contributed by atoms with Gasteiger partial charge in [0.05, 0.1) is 19.3 Å². The van der Waals surface area contributed by atoms with Gasteiger partial charge >= 0.3 is 0 Å². The number of ether oxygens (including phenoxy) is 1. The average molecular weight is 516 g/mol. The van der Waals surface area contributed by atoms with Crippen LogP contribution < -0.4 is 10.1 Å². The predicted molar refractivity (Wildman–Crippen MR) is 153 cm³/mol. The Labute approximate surface area is 222 Å². The molecule has 0 saturated carbocycles. The normalized spacial score (nSPS) is 12.2. The summed E-state index contributed by atoms with van der Waals surface area (Å²) in [6, 6.07) is 27.5. The first kappa shape index (κ1) is 22.4. The Bertz CT molecular complexity index is 1830.